The Labute approximate surface area is 104 Å². The zero-order valence-corrected chi connectivity index (χ0v) is 9.93. The van der Waals surface area contributed by atoms with Gasteiger partial charge in [-0.15, -0.1) is 0 Å². The molecule has 1 heterocycles. The van der Waals surface area contributed by atoms with Gasteiger partial charge in [0.1, 0.15) is 11.8 Å². The number of furan rings is 1. The van der Waals surface area contributed by atoms with Crippen LogP contribution < -0.4 is 5.32 Å². The van der Waals surface area contributed by atoms with Crippen molar-refractivity contribution in [3.8, 4) is 0 Å². The van der Waals surface area contributed by atoms with E-state index in [0.717, 1.165) is 5.39 Å². The molecule has 0 unspecified atom stereocenters. The number of hydrogen-bond donors (Lipinski definition) is 1. The number of nitrogens with one attached hydrogen (secondary N) is 1. The number of fused-ring (bicyclic) bond motifs is 1. The topological polar surface area (TPSA) is 68.5 Å². The largest absolute Gasteiger partial charge is 0.469 e. The third-order valence-corrected chi connectivity index (χ3v) is 2.57. The fourth-order valence-electron chi connectivity index (χ4n) is 1.63. The first-order valence-electron chi connectivity index (χ1n) is 5.53. The molecule has 2 rings (SSSR count). The summed E-state index contributed by atoms with van der Waals surface area (Å²) in [6.07, 6.45) is 1.57. The molecule has 1 N–H and O–H groups in total. The maximum absolute atomic E-state index is 11.9. The van der Waals surface area contributed by atoms with Gasteiger partial charge in [0.25, 0.3) is 5.91 Å². The lowest BCUT2D eigenvalue weighted by atomic mass is 10.1. The Kier molecular flexibility index (Phi) is 3.62. The number of rotatable bonds is 4. The lowest BCUT2D eigenvalue weighted by molar-refractivity contribution is -0.140. The predicted octanol–water partition coefficient (Wildman–Crippen LogP) is 1.73. The van der Waals surface area contributed by atoms with E-state index in [1.54, 1.807) is 6.07 Å². The molecular weight excluding hydrogens is 234 g/mol. The minimum absolute atomic E-state index is 0.151. The number of methoxy groups -OCH3 is 1. The fourth-order valence-corrected chi connectivity index (χ4v) is 1.63. The second-order valence-corrected chi connectivity index (χ2v) is 3.73. The van der Waals surface area contributed by atoms with Crippen LogP contribution in [0.1, 0.15) is 16.8 Å². The molecule has 1 amide bonds. The quantitative estimate of drug-likeness (QED) is 0.835. The summed E-state index contributed by atoms with van der Waals surface area (Å²) in [4.78, 5) is 22.8. The second kappa shape index (κ2) is 5.35. The minimum Gasteiger partial charge on any atom is -0.469 e. The third-order valence-electron chi connectivity index (χ3n) is 2.57. The Morgan fingerprint density at radius 2 is 2.11 bits per heavy atom. The molecule has 0 saturated carbocycles. The van der Waals surface area contributed by atoms with Crippen LogP contribution in [-0.2, 0) is 9.53 Å². The van der Waals surface area contributed by atoms with Gasteiger partial charge in [0, 0.05) is 11.9 Å². The monoisotopic (exact) mass is 247 g/mol. The molecular formula is C13H13NO4. The van der Waals surface area contributed by atoms with Crippen LogP contribution >= 0.6 is 0 Å². The van der Waals surface area contributed by atoms with E-state index in [4.69, 9.17) is 4.42 Å². The Balaban J connectivity index is 2.03. The van der Waals surface area contributed by atoms with E-state index < -0.39 is 0 Å². The van der Waals surface area contributed by atoms with Crippen molar-refractivity contribution in [2.24, 2.45) is 0 Å². The number of amides is 1. The van der Waals surface area contributed by atoms with Gasteiger partial charge >= 0.3 is 5.97 Å². The molecule has 0 aliphatic heterocycles. The molecule has 0 spiro atoms. The van der Waals surface area contributed by atoms with Gasteiger partial charge in [0.05, 0.1) is 19.1 Å². The van der Waals surface area contributed by atoms with Crippen LogP contribution in [0.2, 0.25) is 0 Å². The third kappa shape index (κ3) is 2.51. The number of ether oxygens (including phenoxy) is 1. The first kappa shape index (κ1) is 12.2. The Bertz CT molecular complexity index is 573. The van der Waals surface area contributed by atoms with E-state index in [2.05, 4.69) is 10.1 Å². The lowest BCUT2D eigenvalue weighted by Gasteiger charge is -2.02. The number of carbonyl (C=O) groups is 2. The van der Waals surface area contributed by atoms with Crippen molar-refractivity contribution >= 4 is 22.8 Å². The van der Waals surface area contributed by atoms with Crippen LogP contribution in [0.15, 0.2) is 34.9 Å². The van der Waals surface area contributed by atoms with Crippen molar-refractivity contribution in [3.63, 3.8) is 0 Å². The van der Waals surface area contributed by atoms with E-state index >= 15 is 0 Å². The zero-order valence-electron chi connectivity index (χ0n) is 9.93. The van der Waals surface area contributed by atoms with Crippen LogP contribution in [0.25, 0.3) is 11.0 Å². The van der Waals surface area contributed by atoms with E-state index in [-0.39, 0.29) is 24.8 Å². The number of esters is 1. The summed E-state index contributed by atoms with van der Waals surface area (Å²) in [6, 6.07) is 7.28. The van der Waals surface area contributed by atoms with Gasteiger partial charge in [0.15, 0.2) is 0 Å². The van der Waals surface area contributed by atoms with E-state index in [0.29, 0.717) is 11.1 Å². The highest BCUT2D eigenvalue weighted by Gasteiger charge is 2.13. The summed E-state index contributed by atoms with van der Waals surface area (Å²) in [5.74, 6) is -0.615. The van der Waals surface area contributed by atoms with Crippen LogP contribution in [0.3, 0.4) is 0 Å². The highest BCUT2D eigenvalue weighted by atomic mass is 16.5. The van der Waals surface area contributed by atoms with Gasteiger partial charge in [-0.1, -0.05) is 18.2 Å². The Morgan fingerprint density at radius 3 is 2.89 bits per heavy atom. The number of carbonyl (C=O) groups excluding carboxylic acids is 2. The second-order valence-electron chi connectivity index (χ2n) is 3.73. The van der Waals surface area contributed by atoms with Gasteiger partial charge in [-0.25, -0.2) is 0 Å². The van der Waals surface area contributed by atoms with Crippen LogP contribution in [0.4, 0.5) is 0 Å². The SMILES string of the molecule is COC(=O)CCNC(=O)c1coc2ccccc12. The molecule has 2 aromatic rings. The van der Waals surface area contributed by atoms with Crippen molar-refractivity contribution in [2.75, 3.05) is 13.7 Å². The zero-order chi connectivity index (χ0) is 13.0. The van der Waals surface area contributed by atoms with E-state index in [1.165, 1.54) is 13.4 Å². The van der Waals surface area contributed by atoms with Crippen molar-refractivity contribution in [1.82, 2.24) is 5.32 Å². The standard InChI is InChI=1S/C13H13NO4/c1-17-12(15)6-7-14-13(16)10-8-18-11-5-3-2-4-9(10)11/h2-5,8H,6-7H2,1H3,(H,14,16). The molecule has 0 fully saturated rings. The van der Waals surface area contributed by atoms with Crippen LogP contribution in [0.5, 0.6) is 0 Å². The molecule has 94 valence electrons. The van der Waals surface area contributed by atoms with Gasteiger partial charge < -0.3 is 14.5 Å². The van der Waals surface area contributed by atoms with Crippen molar-refractivity contribution < 1.29 is 18.7 Å². The van der Waals surface area contributed by atoms with Gasteiger partial charge in [0.2, 0.25) is 0 Å². The first-order valence-corrected chi connectivity index (χ1v) is 5.53. The summed E-state index contributed by atoms with van der Waals surface area (Å²) in [5.41, 5.74) is 1.13. The maximum atomic E-state index is 11.9. The normalized spacial score (nSPS) is 10.3. The molecule has 0 bridgehead atoms. The molecule has 0 aliphatic rings. The van der Waals surface area contributed by atoms with E-state index in [1.807, 2.05) is 18.2 Å². The summed E-state index contributed by atoms with van der Waals surface area (Å²) >= 11 is 0. The number of benzene rings is 1. The summed E-state index contributed by atoms with van der Waals surface area (Å²) < 4.78 is 9.75. The van der Waals surface area contributed by atoms with Gasteiger partial charge in [-0.2, -0.15) is 0 Å². The van der Waals surface area contributed by atoms with E-state index in [9.17, 15) is 9.59 Å². The molecule has 0 atom stereocenters. The Morgan fingerprint density at radius 1 is 1.33 bits per heavy atom. The van der Waals surface area contributed by atoms with Crippen molar-refractivity contribution in [1.29, 1.82) is 0 Å². The first-order chi connectivity index (χ1) is 8.72. The minimum atomic E-state index is -0.354. The molecule has 0 aliphatic carbocycles. The molecule has 1 aromatic heterocycles. The number of para-hydroxylation sites is 1. The maximum Gasteiger partial charge on any atom is 0.307 e. The van der Waals surface area contributed by atoms with Gasteiger partial charge in [-0.3, -0.25) is 9.59 Å². The highest BCUT2D eigenvalue weighted by molar-refractivity contribution is 6.05. The molecule has 5 nitrogen and oxygen atoms in total. The van der Waals surface area contributed by atoms with Crippen molar-refractivity contribution in [3.05, 3.63) is 36.1 Å². The average molecular weight is 247 g/mol. The molecule has 0 saturated heterocycles. The summed E-state index contributed by atoms with van der Waals surface area (Å²) in [6.45, 7) is 0.241. The van der Waals surface area contributed by atoms with Crippen LogP contribution in [-0.4, -0.2) is 25.5 Å². The molecule has 5 heteroatoms. The molecule has 1 aromatic carbocycles. The Hall–Kier alpha value is -2.30. The molecule has 0 radical (unpaired) electrons. The summed E-state index contributed by atoms with van der Waals surface area (Å²) in [7, 11) is 1.31. The van der Waals surface area contributed by atoms with Gasteiger partial charge in [-0.05, 0) is 6.07 Å². The average Bonchev–Trinajstić information content (AvgIpc) is 2.82. The predicted molar refractivity (Wildman–Crippen MR) is 65.2 cm³/mol. The smallest absolute Gasteiger partial charge is 0.307 e. The van der Waals surface area contributed by atoms with Crippen molar-refractivity contribution in [2.45, 2.75) is 6.42 Å². The highest BCUT2D eigenvalue weighted by Crippen LogP contribution is 2.20. The van der Waals surface area contributed by atoms with Crippen LogP contribution in [0, 0.1) is 0 Å². The molecule has 18 heavy (non-hydrogen) atoms. The summed E-state index contributed by atoms with van der Waals surface area (Å²) in [5, 5.41) is 3.40. The fraction of sp³-hybridized carbons (Fsp3) is 0.231. The lowest BCUT2D eigenvalue weighted by Crippen LogP contribution is -2.26. The number of hydrogen-bond acceptors (Lipinski definition) is 4.